The Balaban J connectivity index is 0.820. The summed E-state index contributed by atoms with van der Waals surface area (Å²) < 4.78 is 33.4. The van der Waals surface area contributed by atoms with Crippen LogP contribution in [-0.4, -0.2) is 9.13 Å². The van der Waals surface area contributed by atoms with Crippen molar-refractivity contribution in [3.63, 3.8) is 0 Å². The highest BCUT2D eigenvalue weighted by Gasteiger charge is 2.19. The quantitative estimate of drug-likeness (QED) is 0.136. The second-order valence-electron chi connectivity index (χ2n) is 18.1. The van der Waals surface area contributed by atoms with Crippen LogP contribution in [0.25, 0.3) is 77.2 Å². The second-order valence-corrected chi connectivity index (χ2v) is 18.1. The maximum Gasteiger partial charge on any atom is 0.123 e. The van der Waals surface area contributed by atoms with Crippen molar-refractivity contribution in [2.75, 3.05) is 9.80 Å². The molecule has 6 heteroatoms. The van der Waals surface area contributed by atoms with E-state index in [2.05, 4.69) is 225 Å². The number of hydrogen-bond donors (Lipinski definition) is 0. The summed E-state index contributed by atoms with van der Waals surface area (Å²) in [5.74, 6) is -0.571. The second kappa shape index (κ2) is 17.8. The monoisotopic (exact) mass is 930 g/mol. The molecule has 0 atom stereocenters. The molecule has 2 aromatic heterocycles. The van der Waals surface area contributed by atoms with Crippen molar-refractivity contribution in [1.82, 2.24) is 9.13 Å². The minimum atomic E-state index is -0.286. The molecule has 0 aliphatic carbocycles. The standard InChI is InChI=1S/C66H44F2N4/c67-49-26-36-56(37-27-49)69(54-34-23-47(24-35-54)48-25-41-65-61(43-48)59-15-7-9-17-63(59)71(65)51-11-3-1-4-12-51)53-30-19-45(20-31-53)46-21-32-55(33-22-46)70(57-38-28-50(68)29-39-57)58-40-42-66-62(44-58)60-16-8-10-18-64(60)72(66)52-13-5-2-6-14-52/h1-44H. The van der Waals surface area contributed by atoms with Crippen LogP contribution in [0, 0.1) is 11.6 Å². The number of para-hydroxylation sites is 4. The van der Waals surface area contributed by atoms with Crippen LogP contribution in [0.3, 0.4) is 0 Å². The molecular formula is C66H44F2N4. The Kier molecular flexibility index (Phi) is 10.5. The van der Waals surface area contributed by atoms with Gasteiger partial charge in [0.15, 0.2) is 0 Å². The van der Waals surface area contributed by atoms with Crippen molar-refractivity contribution in [3.8, 4) is 33.6 Å². The summed E-state index contributed by atoms with van der Waals surface area (Å²) in [6.45, 7) is 0. The Bertz CT molecular complexity index is 4070. The molecule has 72 heavy (non-hydrogen) atoms. The molecular weight excluding hydrogens is 887 g/mol. The number of rotatable bonds is 10. The lowest BCUT2D eigenvalue weighted by Gasteiger charge is -2.26. The molecule has 0 spiro atoms. The van der Waals surface area contributed by atoms with E-state index in [0.29, 0.717) is 0 Å². The first-order valence-electron chi connectivity index (χ1n) is 24.1. The van der Waals surface area contributed by atoms with E-state index in [0.717, 1.165) is 95.1 Å². The van der Waals surface area contributed by atoms with Gasteiger partial charge in [-0.3, -0.25) is 0 Å². The maximum atomic E-state index is 14.4. The Hall–Kier alpha value is -9.52. The van der Waals surface area contributed by atoms with Crippen molar-refractivity contribution >= 4 is 77.7 Å². The maximum absolute atomic E-state index is 14.4. The molecule has 0 N–H and O–H groups in total. The number of hydrogen-bond acceptors (Lipinski definition) is 2. The van der Waals surface area contributed by atoms with Gasteiger partial charge in [0, 0.05) is 67.0 Å². The van der Waals surface area contributed by atoms with Gasteiger partial charge >= 0.3 is 0 Å². The minimum Gasteiger partial charge on any atom is -0.311 e. The molecule has 0 fully saturated rings. The molecule has 0 saturated heterocycles. The highest BCUT2D eigenvalue weighted by molar-refractivity contribution is 6.12. The average Bonchev–Trinajstić information content (AvgIpc) is 3.95. The van der Waals surface area contributed by atoms with E-state index in [1.165, 1.54) is 40.6 Å². The van der Waals surface area contributed by atoms with E-state index in [-0.39, 0.29) is 11.6 Å². The predicted molar refractivity (Wildman–Crippen MR) is 295 cm³/mol. The minimum absolute atomic E-state index is 0.285. The first-order valence-corrected chi connectivity index (χ1v) is 24.1. The fourth-order valence-electron chi connectivity index (χ4n) is 10.4. The molecule has 0 unspecified atom stereocenters. The lowest BCUT2D eigenvalue weighted by molar-refractivity contribution is 0.627. The number of nitrogens with zero attached hydrogens (tertiary/aromatic N) is 4. The lowest BCUT2D eigenvalue weighted by Crippen LogP contribution is -2.10. The molecule has 11 aromatic carbocycles. The Morgan fingerprint density at radius 1 is 0.236 bits per heavy atom. The SMILES string of the molecule is Fc1ccc(N(c2ccc(-c3ccc(N(c4ccc(F)cc4)c4ccc5c(c4)c4ccccc4n5-c4ccccc4)cc3)cc2)c2ccc(-c3ccc4c(c3)c3ccccc3n4-c3ccccc3)cc2)cc1. The zero-order chi connectivity index (χ0) is 48.1. The van der Waals surface area contributed by atoms with E-state index in [4.69, 9.17) is 0 Å². The number of fused-ring (bicyclic) bond motifs is 6. The number of aromatic nitrogens is 2. The fraction of sp³-hybridized carbons (Fsp3) is 0. The third-order valence-electron chi connectivity index (χ3n) is 13.8. The molecule has 0 aliphatic rings. The van der Waals surface area contributed by atoms with Crippen LogP contribution in [0.15, 0.2) is 267 Å². The van der Waals surface area contributed by atoms with Gasteiger partial charge in [-0.25, -0.2) is 8.78 Å². The van der Waals surface area contributed by atoms with Crippen molar-refractivity contribution in [3.05, 3.63) is 279 Å². The fourth-order valence-corrected chi connectivity index (χ4v) is 10.4. The summed E-state index contributed by atoms with van der Waals surface area (Å²) in [4.78, 5) is 4.33. The molecule has 4 nitrogen and oxygen atoms in total. The Morgan fingerprint density at radius 3 is 0.986 bits per heavy atom. The van der Waals surface area contributed by atoms with E-state index in [1.54, 1.807) is 0 Å². The largest absolute Gasteiger partial charge is 0.311 e. The third kappa shape index (κ3) is 7.54. The predicted octanol–water partition coefficient (Wildman–Crippen LogP) is 18.4. The van der Waals surface area contributed by atoms with Crippen molar-refractivity contribution in [2.45, 2.75) is 0 Å². The van der Waals surface area contributed by atoms with Crippen LogP contribution in [0.5, 0.6) is 0 Å². The lowest BCUT2D eigenvalue weighted by atomic mass is 10.0. The molecule has 0 radical (unpaired) electrons. The molecule has 342 valence electrons. The topological polar surface area (TPSA) is 16.3 Å². The first-order chi connectivity index (χ1) is 35.5. The van der Waals surface area contributed by atoms with Gasteiger partial charge in [-0.2, -0.15) is 0 Å². The van der Waals surface area contributed by atoms with Gasteiger partial charge in [-0.15, -0.1) is 0 Å². The van der Waals surface area contributed by atoms with Crippen LogP contribution < -0.4 is 9.80 Å². The molecule has 2 heterocycles. The normalized spacial score (nSPS) is 11.5. The highest BCUT2D eigenvalue weighted by atomic mass is 19.1. The summed E-state index contributed by atoms with van der Waals surface area (Å²) in [6.07, 6.45) is 0. The summed E-state index contributed by atoms with van der Waals surface area (Å²) in [5.41, 5.74) is 16.6. The van der Waals surface area contributed by atoms with E-state index in [1.807, 2.05) is 36.4 Å². The van der Waals surface area contributed by atoms with Gasteiger partial charge < -0.3 is 18.9 Å². The van der Waals surface area contributed by atoms with Crippen LogP contribution in [0.4, 0.5) is 42.9 Å². The highest BCUT2D eigenvalue weighted by Crippen LogP contribution is 2.42. The van der Waals surface area contributed by atoms with Crippen LogP contribution in [0.1, 0.15) is 0 Å². The smallest absolute Gasteiger partial charge is 0.123 e. The van der Waals surface area contributed by atoms with Gasteiger partial charge in [-0.05, 0) is 174 Å². The van der Waals surface area contributed by atoms with Gasteiger partial charge in [0.05, 0.1) is 22.1 Å². The summed E-state index contributed by atoms with van der Waals surface area (Å²) in [5, 5.41) is 4.69. The summed E-state index contributed by atoms with van der Waals surface area (Å²) in [7, 11) is 0. The molecule has 0 saturated carbocycles. The van der Waals surface area contributed by atoms with Crippen LogP contribution in [-0.2, 0) is 0 Å². The van der Waals surface area contributed by atoms with Gasteiger partial charge in [-0.1, -0.05) is 115 Å². The molecule has 0 aliphatic heterocycles. The summed E-state index contributed by atoms with van der Waals surface area (Å²) in [6, 6.07) is 90.2. The third-order valence-corrected chi connectivity index (χ3v) is 13.8. The molecule has 0 bridgehead atoms. The van der Waals surface area contributed by atoms with Crippen LogP contribution >= 0.6 is 0 Å². The van der Waals surface area contributed by atoms with E-state index in [9.17, 15) is 8.78 Å². The van der Waals surface area contributed by atoms with E-state index < -0.39 is 0 Å². The average molecular weight is 931 g/mol. The molecule has 13 aromatic rings. The zero-order valence-electron chi connectivity index (χ0n) is 38.9. The number of benzene rings is 11. The number of anilines is 6. The first kappa shape index (κ1) is 42.6. The van der Waals surface area contributed by atoms with Crippen molar-refractivity contribution in [2.24, 2.45) is 0 Å². The molecule has 13 rings (SSSR count). The summed E-state index contributed by atoms with van der Waals surface area (Å²) >= 11 is 0. The molecule has 0 amide bonds. The Morgan fingerprint density at radius 2 is 0.542 bits per heavy atom. The van der Waals surface area contributed by atoms with Gasteiger partial charge in [0.1, 0.15) is 11.6 Å². The van der Waals surface area contributed by atoms with E-state index >= 15 is 0 Å². The zero-order valence-corrected chi connectivity index (χ0v) is 38.9. The number of halogens is 2. The Labute approximate surface area is 415 Å². The van der Waals surface area contributed by atoms with Crippen LogP contribution in [0.2, 0.25) is 0 Å². The van der Waals surface area contributed by atoms with Crippen molar-refractivity contribution < 1.29 is 8.78 Å². The van der Waals surface area contributed by atoms with Gasteiger partial charge in [0.25, 0.3) is 0 Å². The van der Waals surface area contributed by atoms with Gasteiger partial charge in [0.2, 0.25) is 0 Å². The van der Waals surface area contributed by atoms with Crippen molar-refractivity contribution in [1.29, 1.82) is 0 Å².